The number of nitrogens with one attached hydrogen (secondary N) is 2. The lowest BCUT2D eigenvalue weighted by Crippen LogP contribution is -2.32. The Balaban J connectivity index is 1.80. The largest absolute Gasteiger partial charge is 0.495 e. The standard InChI is InChI=1S/C24H24N2O4/c1-16-8-13-21(30-2)20(14-16)26-23(27)22(18-6-4-3-5-7-18)25-15-17-9-11-19(12-10-17)24(28)29/h3-14,22,25H,15H2,1-2H3,(H,26,27)(H,28,29). The molecule has 1 atom stereocenters. The fourth-order valence-corrected chi connectivity index (χ4v) is 3.12. The molecular formula is C24H24N2O4. The van der Waals surface area contributed by atoms with Gasteiger partial charge in [0.05, 0.1) is 18.4 Å². The van der Waals surface area contributed by atoms with Crippen LogP contribution < -0.4 is 15.4 Å². The predicted octanol–water partition coefficient (Wildman–Crippen LogP) is 4.17. The molecule has 1 amide bonds. The van der Waals surface area contributed by atoms with Crippen LogP contribution in [0.1, 0.15) is 33.1 Å². The highest BCUT2D eigenvalue weighted by Crippen LogP contribution is 2.27. The average molecular weight is 404 g/mol. The van der Waals surface area contributed by atoms with Crippen molar-refractivity contribution in [2.75, 3.05) is 12.4 Å². The first-order valence-electron chi connectivity index (χ1n) is 9.54. The molecule has 154 valence electrons. The Hall–Kier alpha value is -3.64. The van der Waals surface area contributed by atoms with E-state index in [9.17, 15) is 9.59 Å². The summed E-state index contributed by atoms with van der Waals surface area (Å²) < 4.78 is 5.36. The maximum absolute atomic E-state index is 13.2. The van der Waals surface area contributed by atoms with E-state index in [1.165, 1.54) is 0 Å². The van der Waals surface area contributed by atoms with E-state index in [0.29, 0.717) is 18.0 Å². The van der Waals surface area contributed by atoms with Gasteiger partial charge >= 0.3 is 5.97 Å². The molecule has 30 heavy (non-hydrogen) atoms. The molecule has 0 aliphatic rings. The number of benzene rings is 3. The molecule has 0 radical (unpaired) electrons. The highest BCUT2D eigenvalue weighted by atomic mass is 16.5. The Morgan fingerprint density at radius 1 is 1.00 bits per heavy atom. The molecule has 6 heteroatoms. The lowest BCUT2D eigenvalue weighted by molar-refractivity contribution is -0.118. The van der Waals surface area contributed by atoms with Gasteiger partial charge < -0.3 is 15.2 Å². The highest BCUT2D eigenvalue weighted by molar-refractivity contribution is 5.96. The fraction of sp³-hybridized carbons (Fsp3) is 0.167. The number of carboxylic acid groups (broad SMARTS) is 1. The maximum atomic E-state index is 13.2. The second-order valence-electron chi connectivity index (χ2n) is 6.92. The first-order valence-corrected chi connectivity index (χ1v) is 9.54. The number of aryl methyl sites for hydroxylation is 1. The van der Waals surface area contributed by atoms with Crippen LogP contribution in [0.5, 0.6) is 5.75 Å². The zero-order valence-corrected chi connectivity index (χ0v) is 16.9. The molecule has 3 aromatic carbocycles. The molecule has 0 spiro atoms. The van der Waals surface area contributed by atoms with E-state index >= 15 is 0 Å². The molecule has 0 aliphatic carbocycles. The number of hydrogen-bond acceptors (Lipinski definition) is 4. The zero-order valence-electron chi connectivity index (χ0n) is 16.9. The SMILES string of the molecule is COc1ccc(C)cc1NC(=O)C(NCc1ccc(C(=O)O)cc1)c1ccccc1. The normalized spacial score (nSPS) is 11.5. The number of methoxy groups -OCH3 is 1. The number of carboxylic acids is 1. The Kier molecular flexibility index (Phi) is 6.83. The number of ether oxygens (including phenoxy) is 1. The number of aromatic carboxylic acids is 1. The summed E-state index contributed by atoms with van der Waals surface area (Å²) in [5.41, 5.74) is 3.54. The van der Waals surface area contributed by atoms with Gasteiger partial charge in [0.2, 0.25) is 5.91 Å². The Bertz CT molecular complexity index is 1020. The number of hydrogen-bond donors (Lipinski definition) is 3. The minimum absolute atomic E-state index is 0.216. The summed E-state index contributed by atoms with van der Waals surface area (Å²) in [6.07, 6.45) is 0. The molecule has 0 aliphatic heterocycles. The topological polar surface area (TPSA) is 87.7 Å². The van der Waals surface area contributed by atoms with Crippen LogP contribution in [-0.4, -0.2) is 24.1 Å². The van der Waals surface area contributed by atoms with Crippen molar-refractivity contribution in [3.8, 4) is 5.75 Å². The van der Waals surface area contributed by atoms with Gasteiger partial charge in [-0.05, 0) is 47.9 Å². The van der Waals surface area contributed by atoms with Crippen molar-refractivity contribution < 1.29 is 19.4 Å². The van der Waals surface area contributed by atoms with Crippen molar-refractivity contribution in [2.24, 2.45) is 0 Å². The van der Waals surface area contributed by atoms with E-state index in [1.807, 2.05) is 55.5 Å². The number of rotatable bonds is 8. The molecule has 1 unspecified atom stereocenters. The van der Waals surface area contributed by atoms with Crippen molar-refractivity contribution in [2.45, 2.75) is 19.5 Å². The van der Waals surface area contributed by atoms with Gasteiger partial charge in [-0.2, -0.15) is 0 Å². The Labute approximate surface area is 175 Å². The van der Waals surface area contributed by atoms with E-state index in [0.717, 1.165) is 16.7 Å². The molecule has 0 fully saturated rings. The van der Waals surface area contributed by atoms with E-state index < -0.39 is 12.0 Å². The van der Waals surface area contributed by atoms with Gasteiger partial charge in [0.1, 0.15) is 11.8 Å². The first kappa shape index (κ1) is 21.1. The van der Waals surface area contributed by atoms with Gasteiger partial charge in [-0.15, -0.1) is 0 Å². The van der Waals surface area contributed by atoms with Crippen LogP contribution in [0.4, 0.5) is 5.69 Å². The van der Waals surface area contributed by atoms with Crippen LogP contribution in [0.2, 0.25) is 0 Å². The molecule has 0 heterocycles. The number of amides is 1. The van der Waals surface area contributed by atoms with Crippen LogP contribution in [-0.2, 0) is 11.3 Å². The third kappa shape index (κ3) is 5.24. The zero-order chi connectivity index (χ0) is 21.5. The third-order valence-electron chi connectivity index (χ3n) is 4.72. The maximum Gasteiger partial charge on any atom is 0.335 e. The molecule has 0 aromatic heterocycles. The fourth-order valence-electron chi connectivity index (χ4n) is 3.12. The minimum atomic E-state index is -0.969. The molecule has 0 saturated heterocycles. The van der Waals surface area contributed by atoms with Crippen molar-refractivity contribution in [3.63, 3.8) is 0 Å². The molecular weight excluding hydrogens is 380 g/mol. The lowest BCUT2D eigenvalue weighted by Gasteiger charge is -2.20. The van der Waals surface area contributed by atoms with Crippen molar-refractivity contribution in [1.82, 2.24) is 5.32 Å². The predicted molar refractivity (Wildman–Crippen MR) is 116 cm³/mol. The first-order chi connectivity index (χ1) is 14.5. The van der Waals surface area contributed by atoms with Crippen molar-refractivity contribution in [1.29, 1.82) is 0 Å². The van der Waals surface area contributed by atoms with Gasteiger partial charge in [0, 0.05) is 6.54 Å². The smallest absolute Gasteiger partial charge is 0.335 e. The summed E-state index contributed by atoms with van der Waals surface area (Å²) in [7, 11) is 1.56. The summed E-state index contributed by atoms with van der Waals surface area (Å²) in [6.45, 7) is 2.35. The molecule has 0 saturated carbocycles. The van der Waals surface area contributed by atoms with Crippen LogP contribution in [0.25, 0.3) is 0 Å². The minimum Gasteiger partial charge on any atom is -0.495 e. The van der Waals surface area contributed by atoms with E-state index in [4.69, 9.17) is 9.84 Å². The summed E-state index contributed by atoms with van der Waals surface area (Å²) in [6, 6.07) is 21.0. The lowest BCUT2D eigenvalue weighted by atomic mass is 10.0. The number of anilines is 1. The quantitative estimate of drug-likeness (QED) is 0.524. The second kappa shape index (κ2) is 9.71. The molecule has 3 N–H and O–H groups in total. The monoisotopic (exact) mass is 404 g/mol. The van der Waals surface area contributed by atoms with Crippen molar-refractivity contribution in [3.05, 3.63) is 95.1 Å². The second-order valence-corrected chi connectivity index (χ2v) is 6.92. The van der Waals surface area contributed by atoms with Gasteiger partial charge in [-0.1, -0.05) is 48.5 Å². The van der Waals surface area contributed by atoms with Gasteiger partial charge in [-0.3, -0.25) is 10.1 Å². The van der Waals surface area contributed by atoms with Crippen LogP contribution in [0.3, 0.4) is 0 Å². The van der Waals surface area contributed by atoms with Gasteiger partial charge in [0.15, 0.2) is 0 Å². The average Bonchev–Trinajstić information content (AvgIpc) is 2.75. The summed E-state index contributed by atoms with van der Waals surface area (Å²) in [4.78, 5) is 24.2. The summed E-state index contributed by atoms with van der Waals surface area (Å²) >= 11 is 0. The van der Waals surface area contributed by atoms with E-state index in [2.05, 4.69) is 10.6 Å². The van der Waals surface area contributed by atoms with Crippen molar-refractivity contribution >= 4 is 17.6 Å². The molecule has 3 rings (SSSR count). The van der Waals surface area contributed by atoms with Crippen LogP contribution >= 0.6 is 0 Å². The Morgan fingerprint density at radius 3 is 2.33 bits per heavy atom. The number of carbonyl (C=O) groups is 2. The Morgan fingerprint density at radius 2 is 1.70 bits per heavy atom. The molecule has 3 aromatic rings. The molecule has 6 nitrogen and oxygen atoms in total. The summed E-state index contributed by atoms with van der Waals surface area (Å²) in [5.74, 6) is -0.597. The van der Waals surface area contributed by atoms with E-state index in [-0.39, 0.29) is 11.5 Å². The van der Waals surface area contributed by atoms with Crippen LogP contribution in [0, 0.1) is 6.92 Å². The third-order valence-corrected chi connectivity index (χ3v) is 4.72. The number of carbonyl (C=O) groups excluding carboxylic acids is 1. The van der Waals surface area contributed by atoms with Gasteiger partial charge in [-0.25, -0.2) is 4.79 Å². The van der Waals surface area contributed by atoms with E-state index in [1.54, 1.807) is 31.4 Å². The molecule has 0 bridgehead atoms. The highest BCUT2D eigenvalue weighted by Gasteiger charge is 2.21. The summed E-state index contributed by atoms with van der Waals surface area (Å²) in [5, 5.41) is 15.3. The van der Waals surface area contributed by atoms with Crippen LogP contribution in [0.15, 0.2) is 72.8 Å². The van der Waals surface area contributed by atoms with Gasteiger partial charge in [0.25, 0.3) is 0 Å².